The number of fused-ring (bicyclic) bond motifs is 1. The second-order valence-electron chi connectivity index (χ2n) is 6.91. The van der Waals surface area contributed by atoms with Crippen molar-refractivity contribution < 1.29 is 9.59 Å². The molecule has 5 nitrogen and oxygen atoms in total. The summed E-state index contributed by atoms with van der Waals surface area (Å²) in [6.45, 7) is 1.14. The van der Waals surface area contributed by atoms with E-state index in [4.69, 9.17) is 0 Å². The summed E-state index contributed by atoms with van der Waals surface area (Å²) in [6, 6.07) is 21.0. The van der Waals surface area contributed by atoms with Crippen LogP contribution in [0.15, 0.2) is 72.9 Å². The maximum Gasteiger partial charge on any atom is 0.272 e. The number of amides is 2. The molecule has 0 N–H and O–H groups in total. The zero-order valence-electron chi connectivity index (χ0n) is 15.7. The van der Waals surface area contributed by atoms with Crippen molar-refractivity contribution in [2.75, 3.05) is 18.5 Å². The first-order valence-corrected chi connectivity index (χ1v) is 9.29. The molecule has 0 bridgehead atoms. The molecule has 1 aromatic heterocycles. The predicted molar refractivity (Wildman–Crippen MR) is 108 cm³/mol. The van der Waals surface area contributed by atoms with E-state index in [0.717, 1.165) is 17.7 Å². The van der Waals surface area contributed by atoms with Crippen molar-refractivity contribution in [3.8, 4) is 0 Å². The summed E-state index contributed by atoms with van der Waals surface area (Å²) in [7, 11) is 1.74. The lowest BCUT2D eigenvalue weighted by atomic mass is 10.1. The monoisotopic (exact) mass is 371 g/mol. The number of carbonyl (C=O) groups excluding carboxylic acids is 2. The van der Waals surface area contributed by atoms with Gasteiger partial charge in [-0.25, -0.2) is 0 Å². The molecule has 28 heavy (non-hydrogen) atoms. The van der Waals surface area contributed by atoms with Gasteiger partial charge in [-0.2, -0.15) is 0 Å². The normalized spacial score (nSPS) is 12.5. The second kappa shape index (κ2) is 7.64. The topological polar surface area (TPSA) is 53.5 Å². The van der Waals surface area contributed by atoms with Crippen molar-refractivity contribution >= 4 is 17.5 Å². The van der Waals surface area contributed by atoms with E-state index in [-0.39, 0.29) is 17.5 Å². The largest absolute Gasteiger partial charge is 0.336 e. The van der Waals surface area contributed by atoms with Crippen LogP contribution in [0.3, 0.4) is 0 Å². The zero-order chi connectivity index (χ0) is 19.5. The van der Waals surface area contributed by atoms with Gasteiger partial charge in [0.2, 0.25) is 0 Å². The fraction of sp³-hybridized carbons (Fsp3) is 0.174. The minimum Gasteiger partial charge on any atom is -0.336 e. The van der Waals surface area contributed by atoms with Crippen LogP contribution in [-0.4, -0.2) is 35.3 Å². The van der Waals surface area contributed by atoms with E-state index in [1.807, 2.05) is 54.6 Å². The van der Waals surface area contributed by atoms with Crippen LogP contribution in [0.4, 0.5) is 5.69 Å². The summed E-state index contributed by atoms with van der Waals surface area (Å²) >= 11 is 0. The van der Waals surface area contributed by atoms with E-state index in [1.165, 1.54) is 11.8 Å². The summed E-state index contributed by atoms with van der Waals surface area (Å²) in [6.07, 6.45) is 2.37. The molecule has 0 saturated carbocycles. The molecule has 5 heteroatoms. The highest BCUT2D eigenvalue weighted by atomic mass is 16.2. The molecule has 2 aromatic carbocycles. The van der Waals surface area contributed by atoms with Crippen molar-refractivity contribution in [3.63, 3.8) is 0 Å². The Balaban J connectivity index is 1.53. The standard InChI is InChI=1S/C23H21N3O2/c1-25(16-17-7-3-2-4-8-17)23(28)20-15-19(11-13-24-20)22(27)26-14-12-18-9-5-6-10-21(18)26/h2-11,13,15H,12,14,16H2,1H3. The van der Waals surface area contributed by atoms with Crippen LogP contribution in [0.2, 0.25) is 0 Å². The first kappa shape index (κ1) is 17.9. The number of hydrogen-bond acceptors (Lipinski definition) is 3. The van der Waals surface area contributed by atoms with Crippen molar-refractivity contribution in [2.45, 2.75) is 13.0 Å². The van der Waals surface area contributed by atoms with Crippen molar-refractivity contribution in [3.05, 3.63) is 95.3 Å². The number of benzene rings is 2. The predicted octanol–water partition coefficient (Wildman–Crippen LogP) is 3.56. The van der Waals surface area contributed by atoms with Gasteiger partial charge in [0, 0.05) is 37.6 Å². The van der Waals surface area contributed by atoms with Crippen LogP contribution in [0.25, 0.3) is 0 Å². The summed E-state index contributed by atoms with van der Waals surface area (Å²) in [5.74, 6) is -0.313. The van der Waals surface area contributed by atoms with Gasteiger partial charge in [-0.15, -0.1) is 0 Å². The Hall–Kier alpha value is -3.47. The average molecular weight is 371 g/mol. The van der Waals surface area contributed by atoms with E-state index in [1.54, 1.807) is 29.0 Å². The van der Waals surface area contributed by atoms with E-state index in [9.17, 15) is 9.59 Å². The van der Waals surface area contributed by atoms with E-state index >= 15 is 0 Å². The molecular weight excluding hydrogens is 350 g/mol. The van der Waals surface area contributed by atoms with Gasteiger partial charge in [-0.3, -0.25) is 14.6 Å². The van der Waals surface area contributed by atoms with E-state index in [0.29, 0.717) is 18.7 Å². The number of carbonyl (C=O) groups is 2. The number of nitrogens with zero attached hydrogens (tertiary/aromatic N) is 3. The molecule has 2 heterocycles. The lowest BCUT2D eigenvalue weighted by Gasteiger charge is -2.19. The molecule has 0 fully saturated rings. The summed E-state index contributed by atoms with van der Waals surface area (Å²) < 4.78 is 0. The van der Waals surface area contributed by atoms with Gasteiger partial charge in [0.05, 0.1) is 0 Å². The molecular formula is C23H21N3O2. The molecule has 0 atom stereocenters. The van der Waals surface area contributed by atoms with Gasteiger partial charge in [0.1, 0.15) is 5.69 Å². The van der Waals surface area contributed by atoms with Crippen LogP contribution in [0.1, 0.15) is 32.0 Å². The third-order valence-corrected chi connectivity index (χ3v) is 4.97. The molecule has 3 aromatic rings. The third kappa shape index (κ3) is 3.51. The Kier molecular flexibility index (Phi) is 4.89. The Morgan fingerprint density at radius 2 is 1.79 bits per heavy atom. The number of hydrogen-bond donors (Lipinski definition) is 0. The van der Waals surface area contributed by atoms with E-state index in [2.05, 4.69) is 4.98 Å². The second-order valence-corrected chi connectivity index (χ2v) is 6.91. The molecule has 4 rings (SSSR count). The summed E-state index contributed by atoms with van der Waals surface area (Å²) in [5.41, 5.74) is 3.90. The molecule has 1 aliphatic heterocycles. The third-order valence-electron chi connectivity index (χ3n) is 4.97. The molecule has 0 saturated heterocycles. The Morgan fingerprint density at radius 3 is 2.61 bits per heavy atom. The fourth-order valence-corrected chi connectivity index (χ4v) is 3.51. The van der Waals surface area contributed by atoms with Gasteiger partial charge in [0.25, 0.3) is 11.8 Å². The maximum atomic E-state index is 13.0. The highest BCUT2D eigenvalue weighted by Gasteiger charge is 2.26. The quantitative estimate of drug-likeness (QED) is 0.705. The van der Waals surface area contributed by atoms with Crippen LogP contribution in [0, 0.1) is 0 Å². The molecule has 2 amide bonds. The lowest BCUT2D eigenvalue weighted by Crippen LogP contribution is -2.30. The number of anilines is 1. The lowest BCUT2D eigenvalue weighted by molar-refractivity contribution is 0.0779. The van der Waals surface area contributed by atoms with Crippen molar-refractivity contribution in [1.29, 1.82) is 0 Å². The Labute approximate surface area is 164 Å². The van der Waals surface area contributed by atoms with Gasteiger partial charge in [-0.05, 0) is 35.7 Å². The van der Waals surface area contributed by atoms with Gasteiger partial charge in [0.15, 0.2) is 0 Å². The molecule has 140 valence electrons. The minimum atomic E-state index is -0.208. The number of pyridine rings is 1. The van der Waals surface area contributed by atoms with Crippen LogP contribution in [0.5, 0.6) is 0 Å². The van der Waals surface area contributed by atoms with Gasteiger partial charge in [-0.1, -0.05) is 48.5 Å². The average Bonchev–Trinajstić information content (AvgIpc) is 3.17. The summed E-state index contributed by atoms with van der Waals surface area (Å²) in [5, 5.41) is 0. The van der Waals surface area contributed by atoms with Crippen molar-refractivity contribution in [2.24, 2.45) is 0 Å². The Bertz CT molecular complexity index is 1020. The van der Waals surface area contributed by atoms with Gasteiger partial charge >= 0.3 is 0 Å². The number of para-hydroxylation sites is 1. The molecule has 0 spiro atoms. The molecule has 0 aliphatic carbocycles. The smallest absolute Gasteiger partial charge is 0.272 e. The maximum absolute atomic E-state index is 13.0. The summed E-state index contributed by atoms with van der Waals surface area (Å²) in [4.78, 5) is 33.4. The fourth-order valence-electron chi connectivity index (χ4n) is 3.51. The van der Waals surface area contributed by atoms with Crippen molar-refractivity contribution in [1.82, 2.24) is 9.88 Å². The number of rotatable bonds is 4. The zero-order valence-corrected chi connectivity index (χ0v) is 15.7. The molecule has 0 radical (unpaired) electrons. The van der Waals surface area contributed by atoms with Gasteiger partial charge < -0.3 is 9.80 Å². The minimum absolute atomic E-state index is 0.105. The van der Waals surface area contributed by atoms with Crippen LogP contribution < -0.4 is 4.90 Å². The highest BCUT2D eigenvalue weighted by molar-refractivity contribution is 6.08. The molecule has 0 unspecified atom stereocenters. The van der Waals surface area contributed by atoms with E-state index < -0.39 is 0 Å². The highest BCUT2D eigenvalue weighted by Crippen LogP contribution is 2.28. The first-order valence-electron chi connectivity index (χ1n) is 9.29. The van der Waals surface area contributed by atoms with Crippen LogP contribution >= 0.6 is 0 Å². The number of aromatic nitrogens is 1. The molecule has 1 aliphatic rings. The Morgan fingerprint density at radius 1 is 1.04 bits per heavy atom. The SMILES string of the molecule is CN(Cc1ccccc1)C(=O)c1cc(C(=O)N2CCc3ccccc32)ccn1. The first-order chi connectivity index (χ1) is 13.6. The van der Waals surface area contributed by atoms with Crippen LogP contribution in [-0.2, 0) is 13.0 Å².